The Balaban J connectivity index is 2.41. The van der Waals surface area contributed by atoms with Gasteiger partial charge in [-0.05, 0) is 40.5 Å². The average molecular weight is 276 g/mol. The summed E-state index contributed by atoms with van der Waals surface area (Å²) in [5, 5.41) is 6.11. The molecule has 1 saturated heterocycles. The van der Waals surface area contributed by atoms with E-state index in [1.807, 2.05) is 27.7 Å². The summed E-state index contributed by atoms with van der Waals surface area (Å²) >= 11 is 0. The highest BCUT2D eigenvalue weighted by atomic mass is 32.2. The van der Waals surface area contributed by atoms with E-state index in [-0.39, 0.29) is 35.0 Å². The molecule has 1 atom stereocenters. The van der Waals surface area contributed by atoms with Crippen LogP contribution in [0.5, 0.6) is 0 Å². The van der Waals surface area contributed by atoms with Gasteiger partial charge in [0.2, 0.25) is 5.91 Å². The van der Waals surface area contributed by atoms with Crippen LogP contribution in [0.2, 0.25) is 0 Å². The molecule has 0 aromatic heterocycles. The molecule has 0 aliphatic carbocycles. The van der Waals surface area contributed by atoms with Crippen LogP contribution in [-0.2, 0) is 14.6 Å². The Labute approximate surface area is 110 Å². The molecule has 0 aromatic rings. The van der Waals surface area contributed by atoms with Gasteiger partial charge in [-0.25, -0.2) is 8.42 Å². The number of carbonyl (C=O) groups excluding carboxylic acids is 1. The fourth-order valence-corrected chi connectivity index (χ4v) is 3.46. The SMILES string of the molecule is CC(NC1CCS(=O)(=O)CC1)C(=O)NC(C)(C)C. The number of amides is 1. The van der Waals surface area contributed by atoms with Crippen molar-refractivity contribution in [1.29, 1.82) is 0 Å². The van der Waals surface area contributed by atoms with Gasteiger partial charge in [0.25, 0.3) is 0 Å². The van der Waals surface area contributed by atoms with Gasteiger partial charge in [0.1, 0.15) is 9.84 Å². The lowest BCUT2D eigenvalue weighted by atomic mass is 10.1. The molecule has 0 bridgehead atoms. The molecular formula is C12H24N2O3S. The fourth-order valence-electron chi connectivity index (χ4n) is 1.96. The fraction of sp³-hybridized carbons (Fsp3) is 0.917. The van der Waals surface area contributed by atoms with Crippen LogP contribution in [0.1, 0.15) is 40.5 Å². The molecule has 0 saturated carbocycles. The lowest BCUT2D eigenvalue weighted by Gasteiger charge is -2.28. The first-order valence-corrected chi connectivity index (χ1v) is 8.20. The molecule has 5 nitrogen and oxygen atoms in total. The van der Waals surface area contributed by atoms with Crippen molar-refractivity contribution in [3.63, 3.8) is 0 Å². The molecule has 6 heteroatoms. The Morgan fingerprint density at radius 3 is 2.17 bits per heavy atom. The molecule has 1 heterocycles. The van der Waals surface area contributed by atoms with E-state index in [2.05, 4.69) is 10.6 Å². The molecule has 1 unspecified atom stereocenters. The maximum atomic E-state index is 11.9. The quantitative estimate of drug-likeness (QED) is 0.785. The summed E-state index contributed by atoms with van der Waals surface area (Å²) in [7, 11) is -2.84. The maximum absolute atomic E-state index is 11.9. The lowest BCUT2D eigenvalue weighted by Crippen LogP contribution is -2.52. The summed E-state index contributed by atoms with van der Waals surface area (Å²) in [6.45, 7) is 7.62. The van der Waals surface area contributed by atoms with Gasteiger partial charge >= 0.3 is 0 Å². The van der Waals surface area contributed by atoms with Crippen LogP contribution in [-0.4, -0.2) is 43.5 Å². The number of nitrogens with one attached hydrogen (secondary N) is 2. The number of hydrogen-bond acceptors (Lipinski definition) is 4. The molecule has 1 aliphatic heterocycles. The van der Waals surface area contributed by atoms with Crippen molar-refractivity contribution in [1.82, 2.24) is 10.6 Å². The molecule has 18 heavy (non-hydrogen) atoms. The highest BCUT2D eigenvalue weighted by Crippen LogP contribution is 2.13. The molecule has 1 rings (SSSR count). The maximum Gasteiger partial charge on any atom is 0.237 e. The van der Waals surface area contributed by atoms with Gasteiger partial charge in [-0.15, -0.1) is 0 Å². The van der Waals surface area contributed by atoms with Gasteiger partial charge in [-0.2, -0.15) is 0 Å². The van der Waals surface area contributed by atoms with E-state index < -0.39 is 9.84 Å². The zero-order chi connectivity index (χ0) is 14.0. The van der Waals surface area contributed by atoms with E-state index in [9.17, 15) is 13.2 Å². The Morgan fingerprint density at radius 1 is 1.22 bits per heavy atom. The first-order valence-electron chi connectivity index (χ1n) is 6.37. The zero-order valence-corrected chi connectivity index (χ0v) is 12.4. The summed E-state index contributed by atoms with van der Waals surface area (Å²) in [5.74, 6) is 0.396. The second-order valence-electron chi connectivity index (χ2n) is 6.05. The number of rotatable bonds is 3. The van der Waals surface area contributed by atoms with Gasteiger partial charge < -0.3 is 10.6 Å². The number of hydrogen-bond donors (Lipinski definition) is 2. The van der Waals surface area contributed by atoms with E-state index in [4.69, 9.17) is 0 Å². The molecule has 1 amide bonds. The third-order valence-corrected chi connectivity index (χ3v) is 4.65. The molecule has 2 N–H and O–H groups in total. The van der Waals surface area contributed by atoms with Crippen molar-refractivity contribution in [2.75, 3.05) is 11.5 Å². The van der Waals surface area contributed by atoms with E-state index in [1.165, 1.54) is 0 Å². The minimum Gasteiger partial charge on any atom is -0.350 e. The summed E-state index contributed by atoms with van der Waals surface area (Å²) in [5.41, 5.74) is -0.247. The second-order valence-corrected chi connectivity index (χ2v) is 8.36. The van der Waals surface area contributed by atoms with Crippen molar-refractivity contribution in [3.8, 4) is 0 Å². The van der Waals surface area contributed by atoms with E-state index in [1.54, 1.807) is 0 Å². The number of sulfone groups is 1. The molecule has 106 valence electrons. The largest absolute Gasteiger partial charge is 0.350 e. The predicted molar refractivity (Wildman–Crippen MR) is 72.2 cm³/mol. The summed E-state index contributed by atoms with van der Waals surface area (Å²) in [6, 6.07) is -0.177. The molecule has 1 fully saturated rings. The lowest BCUT2D eigenvalue weighted by molar-refractivity contribution is -0.124. The van der Waals surface area contributed by atoms with Gasteiger partial charge in [-0.3, -0.25) is 4.79 Å². The van der Waals surface area contributed by atoms with Crippen LogP contribution >= 0.6 is 0 Å². The molecule has 0 aromatic carbocycles. The minimum absolute atomic E-state index is 0.0454. The monoisotopic (exact) mass is 276 g/mol. The number of carbonyl (C=O) groups is 1. The Hall–Kier alpha value is -0.620. The zero-order valence-electron chi connectivity index (χ0n) is 11.6. The van der Waals surface area contributed by atoms with Gasteiger partial charge in [0.15, 0.2) is 0 Å². The van der Waals surface area contributed by atoms with Crippen molar-refractivity contribution in [2.45, 2.75) is 58.2 Å². The van der Waals surface area contributed by atoms with E-state index >= 15 is 0 Å². The average Bonchev–Trinajstić information content (AvgIpc) is 2.18. The van der Waals surface area contributed by atoms with Gasteiger partial charge in [-0.1, -0.05) is 0 Å². The van der Waals surface area contributed by atoms with Crippen LogP contribution in [0.25, 0.3) is 0 Å². The molecule has 1 aliphatic rings. The van der Waals surface area contributed by atoms with E-state index in [0.29, 0.717) is 12.8 Å². The first-order chi connectivity index (χ1) is 8.09. The highest BCUT2D eigenvalue weighted by molar-refractivity contribution is 7.91. The highest BCUT2D eigenvalue weighted by Gasteiger charge is 2.27. The molecule has 0 spiro atoms. The summed E-state index contributed by atoms with van der Waals surface area (Å²) in [6.07, 6.45) is 1.19. The third kappa shape index (κ3) is 5.35. The third-order valence-electron chi connectivity index (χ3n) is 2.93. The van der Waals surface area contributed by atoms with Crippen LogP contribution in [0.4, 0.5) is 0 Å². The normalized spacial score (nSPS) is 22.4. The van der Waals surface area contributed by atoms with Crippen molar-refractivity contribution >= 4 is 15.7 Å². The Kier molecular flexibility index (Phi) is 4.78. The van der Waals surface area contributed by atoms with Crippen LogP contribution in [0.3, 0.4) is 0 Å². The van der Waals surface area contributed by atoms with Crippen molar-refractivity contribution in [2.24, 2.45) is 0 Å². The van der Waals surface area contributed by atoms with Crippen molar-refractivity contribution in [3.05, 3.63) is 0 Å². The van der Waals surface area contributed by atoms with Crippen LogP contribution in [0, 0.1) is 0 Å². The van der Waals surface area contributed by atoms with Crippen LogP contribution in [0.15, 0.2) is 0 Å². The van der Waals surface area contributed by atoms with Gasteiger partial charge in [0, 0.05) is 11.6 Å². The predicted octanol–water partition coefficient (Wildman–Crippen LogP) is 0.456. The second kappa shape index (κ2) is 5.57. The van der Waals surface area contributed by atoms with Gasteiger partial charge in [0.05, 0.1) is 17.5 Å². The smallest absolute Gasteiger partial charge is 0.237 e. The van der Waals surface area contributed by atoms with Crippen molar-refractivity contribution < 1.29 is 13.2 Å². The summed E-state index contributed by atoms with van der Waals surface area (Å²) < 4.78 is 22.6. The molecular weight excluding hydrogens is 252 g/mol. The summed E-state index contributed by atoms with van der Waals surface area (Å²) in [4.78, 5) is 11.9. The molecule has 0 radical (unpaired) electrons. The minimum atomic E-state index is -2.84. The standard InChI is InChI=1S/C12H24N2O3S/c1-9(11(15)14-12(2,3)4)13-10-5-7-18(16,17)8-6-10/h9-10,13H,5-8H2,1-4H3,(H,14,15). The van der Waals surface area contributed by atoms with E-state index in [0.717, 1.165) is 0 Å². The first kappa shape index (κ1) is 15.4. The Morgan fingerprint density at radius 2 is 1.72 bits per heavy atom. The van der Waals surface area contributed by atoms with Crippen LogP contribution < -0.4 is 10.6 Å². The topological polar surface area (TPSA) is 75.3 Å². The Bertz CT molecular complexity index is 384.